The molecule has 0 radical (unpaired) electrons. The van der Waals surface area contributed by atoms with E-state index in [1.807, 2.05) is 35.8 Å². The topological polar surface area (TPSA) is 66.0 Å². The van der Waals surface area contributed by atoms with Crippen LogP contribution in [0.25, 0.3) is 5.65 Å². The fourth-order valence-corrected chi connectivity index (χ4v) is 3.44. The summed E-state index contributed by atoms with van der Waals surface area (Å²) in [6.07, 6.45) is 4.22. The fourth-order valence-electron chi connectivity index (χ4n) is 2.25. The van der Waals surface area contributed by atoms with Gasteiger partial charge in [0, 0.05) is 11.9 Å². The summed E-state index contributed by atoms with van der Waals surface area (Å²) in [6, 6.07) is 8.27. The van der Waals surface area contributed by atoms with Crippen LogP contribution >= 0.6 is 11.8 Å². The van der Waals surface area contributed by atoms with Crippen LogP contribution in [0.15, 0.2) is 29.6 Å². The predicted molar refractivity (Wildman–Crippen MR) is 73.8 cm³/mol. The van der Waals surface area contributed by atoms with Crippen LogP contribution in [0.2, 0.25) is 0 Å². The molecule has 2 aromatic rings. The van der Waals surface area contributed by atoms with Gasteiger partial charge < -0.3 is 5.32 Å². The van der Waals surface area contributed by atoms with Crippen LogP contribution in [-0.4, -0.2) is 32.9 Å². The van der Waals surface area contributed by atoms with Crippen molar-refractivity contribution in [3.63, 3.8) is 0 Å². The number of thioether (sulfide) groups is 1. The molecule has 0 spiro atoms. The lowest BCUT2D eigenvalue weighted by molar-refractivity contribution is 0.441. The van der Waals surface area contributed by atoms with Gasteiger partial charge in [0.05, 0.1) is 6.07 Å². The van der Waals surface area contributed by atoms with Crippen LogP contribution in [0.1, 0.15) is 12.8 Å². The number of pyridine rings is 1. The highest BCUT2D eigenvalue weighted by Crippen LogP contribution is 2.41. The molecule has 1 aliphatic rings. The zero-order valence-electron chi connectivity index (χ0n) is 10.7. The molecule has 0 amide bonds. The lowest BCUT2D eigenvalue weighted by atomic mass is 9.98. The molecule has 1 fully saturated rings. The summed E-state index contributed by atoms with van der Waals surface area (Å²) in [5, 5.41) is 21.8. The van der Waals surface area contributed by atoms with Gasteiger partial charge in [-0.05, 0) is 37.9 Å². The van der Waals surface area contributed by atoms with Crippen LogP contribution in [0.3, 0.4) is 0 Å². The molecule has 0 bridgehead atoms. The minimum Gasteiger partial charge on any atom is -0.302 e. The monoisotopic (exact) mass is 273 g/mol. The SMILES string of the molecule is CNC(C#N)(CSc1nnc2ccccn12)C1CC1. The lowest BCUT2D eigenvalue weighted by Crippen LogP contribution is -2.46. The number of hydrogen-bond acceptors (Lipinski definition) is 5. The van der Waals surface area contributed by atoms with Crippen LogP contribution in [0, 0.1) is 17.2 Å². The van der Waals surface area contributed by atoms with Gasteiger partial charge in [-0.3, -0.25) is 4.40 Å². The number of nitrogens with one attached hydrogen (secondary N) is 1. The molecule has 2 heterocycles. The van der Waals surface area contributed by atoms with Gasteiger partial charge in [0.25, 0.3) is 0 Å². The Labute approximate surface area is 116 Å². The molecule has 98 valence electrons. The van der Waals surface area contributed by atoms with Gasteiger partial charge in [-0.1, -0.05) is 17.8 Å². The Bertz CT molecular complexity index is 627. The van der Waals surface area contributed by atoms with Gasteiger partial charge in [0.2, 0.25) is 0 Å². The van der Waals surface area contributed by atoms with Crippen molar-refractivity contribution < 1.29 is 0 Å². The third-order valence-electron chi connectivity index (χ3n) is 3.63. The number of rotatable bonds is 5. The van der Waals surface area contributed by atoms with Gasteiger partial charge in [0.15, 0.2) is 10.8 Å². The molecule has 0 aromatic carbocycles. The van der Waals surface area contributed by atoms with E-state index in [1.54, 1.807) is 11.8 Å². The molecule has 1 aliphatic carbocycles. The molecule has 19 heavy (non-hydrogen) atoms. The van der Waals surface area contributed by atoms with Gasteiger partial charge in [-0.25, -0.2) is 0 Å². The number of nitrogens with zero attached hydrogens (tertiary/aromatic N) is 4. The molecule has 1 saturated carbocycles. The van der Waals surface area contributed by atoms with E-state index in [1.165, 1.54) is 0 Å². The van der Waals surface area contributed by atoms with Gasteiger partial charge in [-0.15, -0.1) is 10.2 Å². The van der Waals surface area contributed by atoms with Crippen molar-refractivity contribution in [2.45, 2.75) is 23.5 Å². The van der Waals surface area contributed by atoms with E-state index in [2.05, 4.69) is 21.6 Å². The van der Waals surface area contributed by atoms with Crippen molar-refractivity contribution in [1.82, 2.24) is 19.9 Å². The molecule has 1 unspecified atom stereocenters. The molecule has 1 N–H and O–H groups in total. The highest BCUT2D eigenvalue weighted by molar-refractivity contribution is 7.99. The zero-order chi connectivity index (χ0) is 13.3. The van der Waals surface area contributed by atoms with Crippen LogP contribution in [0.4, 0.5) is 0 Å². The number of fused-ring (bicyclic) bond motifs is 1. The maximum absolute atomic E-state index is 9.46. The highest BCUT2D eigenvalue weighted by atomic mass is 32.2. The summed E-state index contributed by atoms with van der Waals surface area (Å²) in [5.74, 6) is 1.16. The average molecular weight is 273 g/mol. The summed E-state index contributed by atoms with van der Waals surface area (Å²) < 4.78 is 1.95. The molecule has 6 heteroatoms. The van der Waals surface area contributed by atoms with Gasteiger partial charge in [0.1, 0.15) is 5.54 Å². The largest absolute Gasteiger partial charge is 0.302 e. The van der Waals surface area contributed by atoms with Crippen LogP contribution in [0.5, 0.6) is 0 Å². The molecule has 1 atom stereocenters. The number of aromatic nitrogens is 3. The maximum atomic E-state index is 9.46. The molecule has 0 saturated heterocycles. The van der Waals surface area contributed by atoms with E-state index in [0.717, 1.165) is 23.6 Å². The van der Waals surface area contributed by atoms with Gasteiger partial charge in [-0.2, -0.15) is 5.26 Å². The molecule has 5 nitrogen and oxygen atoms in total. The van der Waals surface area contributed by atoms with Crippen molar-refractivity contribution in [3.8, 4) is 6.07 Å². The van der Waals surface area contributed by atoms with E-state index < -0.39 is 5.54 Å². The number of nitriles is 1. The number of hydrogen-bond donors (Lipinski definition) is 1. The highest BCUT2D eigenvalue weighted by Gasteiger charge is 2.44. The van der Waals surface area contributed by atoms with E-state index in [-0.39, 0.29) is 0 Å². The Kier molecular flexibility index (Phi) is 3.17. The quantitative estimate of drug-likeness (QED) is 0.840. The van der Waals surface area contributed by atoms with E-state index in [0.29, 0.717) is 11.7 Å². The second-order valence-electron chi connectivity index (χ2n) is 4.81. The summed E-state index contributed by atoms with van der Waals surface area (Å²) in [6.45, 7) is 0. The summed E-state index contributed by atoms with van der Waals surface area (Å²) in [4.78, 5) is 0. The summed E-state index contributed by atoms with van der Waals surface area (Å²) in [7, 11) is 1.87. The van der Waals surface area contributed by atoms with Crippen molar-refractivity contribution in [1.29, 1.82) is 5.26 Å². The first-order chi connectivity index (χ1) is 9.29. The fraction of sp³-hybridized carbons (Fsp3) is 0.462. The molecular weight excluding hydrogens is 258 g/mol. The Morgan fingerprint density at radius 2 is 2.37 bits per heavy atom. The maximum Gasteiger partial charge on any atom is 0.195 e. The summed E-state index contributed by atoms with van der Waals surface area (Å²) >= 11 is 1.59. The molecule has 0 aliphatic heterocycles. The molecule has 3 rings (SSSR count). The first-order valence-electron chi connectivity index (χ1n) is 6.32. The standard InChI is InChI=1S/C13H15N5S/c1-15-13(8-14,10-5-6-10)9-19-12-17-16-11-4-2-3-7-18(11)12/h2-4,7,10,15H,5-6,9H2,1H3. The Morgan fingerprint density at radius 1 is 1.53 bits per heavy atom. The van der Waals surface area contributed by atoms with E-state index in [4.69, 9.17) is 0 Å². The minimum atomic E-state index is -0.439. The smallest absolute Gasteiger partial charge is 0.195 e. The normalized spacial score (nSPS) is 18.1. The third kappa shape index (κ3) is 2.20. The lowest BCUT2D eigenvalue weighted by Gasteiger charge is -2.24. The third-order valence-corrected chi connectivity index (χ3v) is 4.77. The predicted octanol–water partition coefficient (Wildman–Crippen LogP) is 1.71. The average Bonchev–Trinajstić information content (AvgIpc) is 3.23. The van der Waals surface area contributed by atoms with E-state index in [9.17, 15) is 5.26 Å². The first kappa shape index (κ1) is 12.5. The van der Waals surface area contributed by atoms with Crippen molar-refractivity contribution in [2.24, 2.45) is 5.92 Å². The molecular formula is C13H15N5S. The Balaban J connectivity index is 1.80. The van der Waals surface area contributed by atoms with Crippen molar-refractivity contribution in [3.05, 3.63) is 24.4 Å². The second-order valence-corrected chi connectivity index (χ2v) is 5.75. The Hall–Kier alpha value is -1.58. The summed E-state index contributed by atoms with van der Waals surface area (Å²) in [5.41, 5.74) is 0.397. The molecule has 2 aromatic heterocycles. The Morgan fingerprint density at radius 3 is 3.05 bits per heavy atom. The first-order valence-corrected chi connectivity index (χ1v) is 7.30. The van der Waals surface area contributed by atoms with Crippen LogP contribution < -0.4 is 5.32 Å². The van der Waals surface area contributed by atoms with Crippen molar-refractivity contribution in [2.75, 3.05) is 12.8 Å². The van der Waals surface area contributed by atoms with E-state index >= 15 is 0 Å². The van der Waals surface area contributed by atoms with Crippen LogP contribution in [-0.2, 0) is 0 Å². The van der Waals surface area contributed by atoms with Crippen molar-refractivity contribution >= 4 is 17.4 Å². The minimum absolute atomic E-state index is 0.439. The second kappa shape index (κ2) is 4.83. The van der Waals surface area contributed by atoms with Gasteiger partial charge >= 0.3 is 0 Å². The zero-order valence-corrected chi connectivity index (χ0v) is 11.5.